The van der Waals surface area contributed by atoms with E-state index < -0.39 is 109 Å². The average Bonchev–Trinajstić information content (AvgIpc) is 2.80. The summed E-state index contributed by atoms with van der Waals surface area (Å²) in [5.41, 5.74) is 0.106. The molecule has 6 rings (SSSR count). The van der Waals surface area contributed by atoms with Crippen LogP contribution in [0.1, 0.15) is 169 Å². The molecule has 83 heavy (non-hydrogen) atoms. The van der Waals surface area contributed by atoms with E-state index in [1.807, 2.05) is 46.7 Å². The molecule has 0 radical (unpaired) electrons. The third-order valence-electron chi connectivity index (χ3n) is 19.1. The van der Waals surface area contributed by atoms with Crippen LogP contribution in [0.3, 0.4) is 0 Å². The summed E-state index contributed by atoms with van der Waals surface area (Å²) in [5.74, 6) is -3.75. The normalized spacial score (nSPS) is 35.5. The first-order valence-corrected chi connectivity index (χ1v) is 33.0. The lowest BCUT2D eigenvalue weighted by molar-refractivity contribution is -0.302. The summed E-state index contributed by atoms with van der Waals surface area (Å²) in [6, 6.07) is 12.9. The van der Waals surface area contributed by atoms with Crippen molar-refractivity contribution in [2.24, 2.45) is 23.7 Å². The van der Waals surface area contributed by atoms with Gasteiger partial charge in [0.1, 0.15) is 53.2 Å². The Morgan fingerprint density at radius 1 is 0.831 bits per heavy atom. The molecule has 3 saturated heterocycles. The van der Waals surface area contributed by atoms with Gasteiger partial charge in [-0.25, -0.2) is 0 Å². The Balaban J connectivity index is 1.33. The topological polar surface area (TPSA) is 206 Å². The smallest absolute Gasteiger partial charge is 0.309 e. The lowest BCUT2D eigenvalue weighted by Gasteiger charge is -2.51. The van der Waals surface area contributed by atoms with E-state index in [0.29, 0.717) is 12.8 Å². The first kappa shape index (κ1) is 68.7. The van der Waals surface area contributed by atoms with E-state index in [1.54, 1.807) is 39.5 Å². The number of amides is 1. The number of aryl methyl sites for hydroxylation is 4. The number of likely N-dealkylation sites (N-methyl/N-ethyl adjacent to an activating group) is 1. The molecular weight excluding hydrogens is 1070 g/mol. The molecule has 0 spiro atoms. The van der Waals surface area contributed by atoms with Gasteiger partial charge in [0, 0.05) is 44.5 Å². The molecule has 468 valence electrons. The van der Waals surface area contributed by atoms with Crippen LogP contribution >= 0.6 is 7.26 Å². The summed E-state index contributed by atoms with van der Waals surface area (Å²) >= 11 is 0. The zero-order chi connectivity index (χ0) is 61.8. The first-order chi connectivity index (χ1) is 38.7. The molecule has 1 aromatic heterocycles. The molecule has 3 aliphatic rings. The highest BCUT2D eigenvalue weighted by Gasteiger charge is 2.56. The number of benzene rings is 2. The van der Waals surface area contributed by atoms with Crippen molar-refractivity contribution in [1.29, 1.82) is 0 Å². The second-order valence-corrected chi connectivity index (χ2v) is 30.6. The summed E-state index contributed by atoms with van der Waals surface area (Å²) in [6.45, 7) is 30.8. The van der Waals surface area contributed by atoms with Crippen molar-refractivity contribution < 1.29 is 58.8 Å². The number of aromatic nitrogens is 2. The number of hydrogen-bond acceptors (Lipinski definition) is 14. The highest BCUT2D eigenvalue weighted by atomic mass is 31.2. The maximum Gasteiger partial charge on any atom is 0.309 e. The SMILES string of the molecule is CC[C@H]1OC(=O)[C@H](C)[C@@H](C2C[C@@](C)(OC)[C@@H](O)[C@H](C)O2)[C@H](C)[C@@H](O[C@@H]2O[C@H](C)C[C@H](N(C)C)[C@H]2O)[C@](C)(O)C[C@@H](C)CN(C(=O)CCCCCC[P+](c2cc(C)cc(C)c2)(c2cc(C)cc(C)c2)c2cnn(C(C)C)c2)[C@H](C)[C@@H](O)[C@]1(C)O. The van der Waals surface area contributed by atoms with Crippen LogP contribution in [0.5, 0.6) is 0 Å². The number of esters is 1. The molecule has 3 fully saturated rings. The Kier molecular flexibility index (Phi) is 23.3. The summed E-state index contributed by atoms with van der Waals surface area (Å²) in [4.78, 5) is 33.5. The minimum Gasteiger partial charge on any atom is -0.459 e. The lowest BCUT2D eigenvalue weighted by atomic mass is 9.68. The lowest BCUT2D eigenvalue weighted by Crippen LogP contribution is -2.61. The van der Waals surface area contributed by atoms with Gasteiger partial charge in [0.05, 0.1) is 66.1 Å². The van der Waals surface area contributed by atoms with Crippen molar-refractivity contribution in [2.45, 2.75) is 259 Å². The van der Waals surface area contributed by atoms with Crippen molar-refractivity contribution in [3.63, 3.8) is 0 Å². The molecule has 3 aromatic rings. The average molecular weight is 1180 g/mol. The minimum atomic E-state index is -2.23. The van der Waals surface area contributed by atoms with E-state index in [-0.39, 0.29) is 56.3 Å². The zero-order valence-corrected chi connectivity index (χ0v) is 54.9. The Morgan fingerprint density at radius 3 is 1.94 bits per heavy atom. The molecule has 5 N–H and O–H groups in total. The number of methoxy groups -OCH3 is 1. The highest BCUT2D eigenvalue weighted by molar-refractivity contribution is 7.95. The van der Waals surface area contributed by atoms with Gasteiger partial charge in [-0.15, -0.1) is 0 Å². The third kappa shape index (κ3) is 15.5. The van der Waals surface area contributed by atoms with E-state index in [2.05, 4.69) is 95.0 Å². The van der Waals surface area contributed by atoms with Gasteiger partial charge in [0.15, 0.2) is 6.29 Å². The number of aliphatic hydroxyl groups excluding tert-OH is 3. The fourth-order valence-corrected chi connectivity index (χ4v) is 19.1. The first-order valence-electron chi connectivity index (χ1n) is 31.0. The number of unbranched alkanes of at least 4 members (excludes halogenated alkanes) is 3. The second kappa shape index (κ2) is 28.2. The zero-order valence-electron chi connectivity index (χ0n) is 54.0. The quantitative estimate of drug-likeness (QED) is 0.0493. The van der Waals surface area contributed by atoms with Crippen LogP contribution in [0.4, 0.5) is 0 Å². The molecule has 2 aromatic carbocycles. The number of cyclic esters (lactones) is 1. The minimum absolute atomic E-state index is 0.0852. The van der Waals surface area contributed by atoms with E-state index in [0.717, 1.165) is 25.4 Å². The maximum absolute atomic E-state index is 15.0. The van der Waals surface area contributed by atoms with Crippen molar-refractivity contribution >= 4 is 35.1 Å². The standard InChI is InChI=1S/C66H108N4O12P/c1-20-55-66(16,77)59(73)48(12)69(56(71)25-23-21-22-24-26-83(50-29-40(4)27-41(5)30-50,51-31-42(6)28-43(7)32-51)52-36-67-70(38-52)39(2)3)37-44(8)34-64(14,76)61(82-63-58(72)53(68(17)18)33-45(9)79-63)46(10)57(47(11)62(75)81-55)54-35-65(15,78-19)60(74)49(13)80-54/h27-32,36,38-39,44-49,53-55,57-61,63,72-74,76-77H,20-26,33-35,37H2,1-19H3/q+1/t44-,45-,46+,47-,48-,49+,53+,54?,55-,57+,58-,59-,60+,61-,63+,64-,65-,66-/m1/s1. The summed E-state index contributed by atoms with van der Waals surface area (Å²) in [5, 5.41) is 70.2. The van der Waals surface area contributed by atoms with Crippen LogP contribution in [-0.4, -0.2) is 175 Å². The highest BCUT2D eigenvalue weighted by Crippen LogP contribution is 2.57. The Labute approximate surface area is 498 Å². The summed E-state index contributed by atoms with van der Waals surface area (Å²) in [6.07, 6.45) is 0.651. The number of carbonyl (C=O) groups is 2. The molecule has 3 aliphatic heterocycles. The Bertz CT molecular complexity index is 2520. The molecule has 18 atom stereocenters. The number of carbonyl (C=O) groups excluding carboxylic acids is 2. The van der Waals surface area contributed by atoms with Crippen LogP contribution in [0.25, 0.3) is 0 Å². The Hall–Kier alpha value is -3.38. The number of nitrogens with zero attached hydrogens (tertiary/aromatic N) is 4. The van der Waals surface area contributed by atoms with Gasteiger partial charge in [0.2, 0.25) is 5.91 Å². The largest absolute Gasteiger partial charge is 0.459 e. The van der Waals surface area contributed by atoms with Gasteiger partial charge in [-0.2, -0.15) is 5.10 Å². The van der Waals surface area contributed by atoms with E-state index >= 15 is 0 Å². The number of rotatable bonds is 17. The molecular formula is C66H108N4O12P+. The molecule has 0 aliphatic carbocycles. The molecule has 1 unspecified atom stereocenters. The van der Waals surface area contributed by atoms with Crippen molar-refractivity contribution in [3.8, 4) is 0 Å². The van der Waals surface area contributed by atoms with E-state index in [9.17, 15) is 35.1 Å². The van der Waals surface area contributed by atoms with Crippen LogP contribution < -0.4 is 15.9 Å². The van der Waals surface area contributed by atoms with Crippen LogP contribution in [0.15, 0.2) is 48.8 Å². The number of ether oxygens (including phenoxy) is 5. The predicted molar refractivity (Wildman–Crippen MR) is 330 cm³/mol. The van der Waals surface area contributed by atoms with Gasteiger partial charge in [-0.3, -0.25) is 14.3 Å². The van der Waals surface area contributed by atoms with Crippen molar-refractivity contribution in [3.05, 3.63) is 71.0 Å². The maximum atomic E-state index is 15.0. The number of aliphatic hydroxyl groups is 5. The van der Waals surface area contributed by atoms with Gasteiger partial charge < -0.3 is 59.0 Å². The van der Waals surface area contributed by atoms with Crippen molar-refractivity contribution in [1.82, 2.24) is 19.6 Å². The van der Waals surface area contributed by atoms with Crippen LogP contribution in [0.2, 0.25) is 0 Å². The fraction of sp³-hybridized carbons (Fsp3) is 0.742. The van der Waals surface area contributed by atoms with Crippen molar-refractivity contribution in [2.75, 3.05) is 33.9 Å². The molecule has 4 heterocycles. The molecule has 1 amide bonds. The third-order valence-corrected chi connectivity index (χ3v) is 23.4. The molecule has 16 nitrogen and oxygen atoms in total. The summed E-state index contributed by atoms with van der Waals surface area (Å²) in [7, 11) is 3.09. The monoisotopic (exact) mass is 1180 g/mol. The van der Waals surface area contributed by atoms with Crippen LogP contribution in [-0.2, 0) is 33.3 Å². The van der Waals surface area contributed by atoms with Gasteiger partial charge in [-0.05, 0) is 194 Å². The second-order valence-electron chi connectivity index (χ2n) is 27.0. The summed E-state index contributed by atoms with van der Waals surface area (Å²) < 4.78 is 34.4. The van der Waals surface area contributed by atoms with E-state index in [1.165, 1.54) is 52.2 Å². The Morgan fingerprint density at radius 2 is 1.41 bits per heavy atom. The predicted octanol–water partition coefficient (Wildman–Crippen LogP) is 8.03. The molecule has 0 bridgehead atoms. The molecule has 0 saturated carbocycles. The fourth-order valence-electron chi connectivity index (χ4n) is 14.5. The van der Waals surface area contributed by atoms with E-state index in [4.69, 9.17) is 28.8 Å². The number of hydrogen-bond donors (Lipinski definition) is 5. The molecule has 17 heteroatoms. The van der Waals surface area contributed by atoms with Gasteiger partial charge in [0.25, 0.3) is 0 Å². The van der Waals surface area contributed by atoms with Gasteiger partial charge >= 0.3 is 5.97 Å². The van der Waals surface area contributed by atoms with Gasteiger partial charge in [-0.1, -0.05) is 46.2 Å². The van der Waals surface area contributed by atoms with Crippen LogP contribution in [0, 0.1) is 51.4 Å².